The van der Waals surface area contributed by atoms with Gasteiger partial charge in [-0.3, -0.25) is 14.4 Å². The Morgan fingerprint density at radius 1 is 1.04 bits per heavy atom. The predicted octanol–water partition coefficient (Wildman–Crippen LogP) is 2.86. The van der Waals surface area contributed by atoms with E-state index < -0.39 is 12.0 Å². The molecule has 1 unspecified atom stereocenters. The predicted molar refractivity (Wildman–Crippen MR) is 101 cm³/mol. The van der Waals surface area contributed by atoms with Gasteiger partial charge in [0.15, 0.2) is 5.78 Å². The number of Topliss-reactive ketones (excluding diaryl/α,β-unsaturated/α-hetero) is 1. The maximum Gasteiger partial charge on any atom is 0.307 e. The first kappa shape index (κ1) is 20.2. The van der Waals surface area contributed by atoms with Crippen LogP contribution >= 0.6 is 0 Å². The summed E-state index contributed by atoms with van der Waals surface area (Å²) in [6, 6.07) is 13.7. The normalized spacial score (nSPS) is 11.4. The molecule has 0 saturated heterocycles. The number of methoxy groups -OCH3 is 2. The molecule has 0 fully saturated rings. The molecule has 2 aromatic carbocycles. The molecule has 6 heteroatoms. The van der Waals surface area contributed by atoms with Crippen molar-refractivity contribution in [3.05, 3.63) is 65.2 Å². The molecule has 2 rings (SSSR count). The number of carbonyl (C=O) groups excluding carboxylic acids is 3. The van der Waals surface area contributed by atoms with E-state index in [1.165, 1.54) is 21.1 Å². The Bertz CT molecular complexity index is 817. The lowest BCUT2D eigenvalue weighted by atomic mass is 10.0. The lowest BCUT2D eigenvalue weighted by Crippen LogP contribution is -2.31. The van der Waals surface area contributed by atoms with Crippen molar-refractivity contribution in [2.45, 2.75) is 25.8 Å². The van der Waals surface area contributed by atoms with Gasteiger partial charge in [0, 0.05) is 11.1 Å². The van der Waals surface area contributed by atoms with Crippen LogP contribution in [0.25, 0.3) is 0 Å². The van der Waals surface area contributed by atoms with Crippen molar-refractivity contribution in [1.82, 2.24) is 5.32 Å². The summed E-state index contributed by atoms with van der Waals surface area (Å²) in [5.74, 6) is -0.265. The summed E-state index contributed by atoms with van der Waals surface area (Å²) >= 11 is 0. The standard InChI is InChI=1S/C21H23NO5/c1-14(23)16-9-10-19(26-2)17(11-16)12-20(24)22-18(13-21(25)27-3)15-7-5-4-6-8-15/h4-11,18H,12-13H2,1-3H3,(H,22,24). The average Bonchev–Trinajstić information content (AvgIpc) is 2.67. The van der Waals surface area contributed by atoms with Crippen LogP contribution in [0.3, 0.4) is 0 Å². The van der Waals surface area contributed by atoms with Crippen molar-refractivity contribution in [1.29, 1.82) is 0 Å². The molecule has 0 spiro atoms. The molecule has 6 nitrogen and oxygen atoms in total. The minimum Gasteiger partial charge on any atom is -0.496 e. The number of hydrogen-bond donors (Lipinski definition) is 1. The SMILES string of the molecule is COC(=O)CC(NC(=O)Cc1cc(C(C)=O)ccc1OC)c1ccccc1. The summed E-state index contributed by atoms with van der Waals surface area (Å²) in [5, 5.41) is 2.87. The van der Waals surface area contributed by atoms with Gasteiger partial charge in [-0.15, -0.1) is 0 Å². The van der Waals surface area contributed by atoms with Gasteiger partial charge in [-0.05, 0) is 30.7 Å². The number of carbonyl (C=O) groups is 3. The molecule has 142 valence electrons. The summed E-state index contributed by atoms with van der Waals surface area (Å²) in [7, 11) is 2.82. The van der Waals surface area contributed by atoms with Gasteiger partial charge < -0.3 is 14.8 Å². The zero-order valence-electron chi connectivity index (χ0n) is 15.7. The van der Waals surface area contributed by atoms with Crippen molar-refractivity contribution >= 4 is 17.7 Å². The Morgan fingerprint density at radius 3 is 2.33 bits per heavy atom. The number of amides is 1. The average molecular weight is 369 g/mol. The molecule has 0 heterocycles. The maximum atomic E-state index is 12.6. The fourth-order valence-electron chi connectivity index (χ4n) is 2.74. The molecule has 27 heavy (non-hydrogen) atoms. The molecule has 0 aromatic heterocycles. The van der Waals surface area contributed by atoms with E-state index in [1.807, 2.05) is 30.3 Å². The van der Waals surface area contributed by atoms with Crippen molar-refractivity contribution in [2.24, 2.45) is 0 Å². The molecular formula is C21H23NO5. The second-order valence-electron chi connectivity index (χ2n) is 6.07. The van der Waals surface area contributed by atoms with E-state index in [0.717, 1.165) is 5.56 Å². The van der Waals surface area contributed by atoms with Crippen LogP contribution in [0.4, 0.5) is 0 Å². The number of ether oxygens (including phenoxy) is 2. The highest BCUT2D eigenvalue weighted by Crippen LogP contribution is 2.22. The fraction of sp³-hybridized carbons (Fsp3) is 0.286. The number of nitrogens with one attached hydrogen (secondary N) is 1. The number of rotatable bonds is 8. The van der Waals surface area contributed by atoms with Gasteiger partial charge in [0.25, 0.3) is 0 Å². The third-order valence-corrected chi connectivity index (χ3v) is 4.17. The molecule has 1 atom stereocenters. The molecular weight excluding hydrogens is 346 g/mol. The fourth-order valence-corrected chi connectivity index (χ4v) is 2.74. The smallest absolute Gasteiger partial charge is 0.307 e. The molecule has 0 aliphatic carbocycles. The highest BCUT2D eigenvalue weighted by molar-refractivity contribution is 5.94. The Kier molecular flexibility index (Phi) is 7.11. The molecule has 0 bridgehead atoms. The first-order valence-corrected chi connectivity index (χ1v) is 8.53. The number of ketones is 1. The largest absolute Gasteiger partial charge is 0.496 e. The van der Waals surface area contributed by atoms with Crippen LogP contribution in [0.15, 0.2) is 48.5 Å². The van der Waals surface area contributed by atoms with Crippen LogP contribution in [-0.4, -0.2) is 31.9 Å². The van der Waals surface area contributed by atoms with Gasteiger partial charge in [0.2, 0.25) is 5.91 Å². The lowest BCUT2D eigenvalue weighted by Gasteiger charge is -2.19. The van der Waals surface area contributed by atoms with E-state index >= 15 is 0 Å². The van der Waals surface area contributed by atoms with Crippen LogP contribution in [-0.2, 0) is 20.7 Å². The Morgan fingerprint density at radius 2 is 1.74 bits per heavy atom. The van der Waals surface area contributed by atoms with Crippen LogP contribution in [0.5, 0.6) is 5.75 Å². The summed E-state index contributed by atoms with van der Waals surface area (Å²) in [6.07, 6.45) is 0.0473. The summed E-state index contributed by atoms with van der Waals surface area (Å²) in [5.41, 5.74) is 1.92. The van der Waals surface area contributed by atoms with E-state index in [9.17, 15) is 14.4 Å². The van der Waals surface area contributed by atoms with Crippen LogP contribution in [0.2, 0.25) is 0 Å². The van der Waals surface area contributed by atoms with E-state index in [0.29, 0.717) is 16.9 Å². The second kappa shape index (κ2) is 9.52. The zero-order valence-corrected chi connectivity index (χ0v) is 15.7. The second-order valence-corrected chi connectivity index (χ2v) is 6.07. The van der Waals surface area contributed by atoms with Crippen molar-refractivity contribution < 1.29 is 23.9 Å². The van der Waals surface area contributed by atoms with Crippen molar-refractivity contribution in [3.8, 4) is 5.75 Å². The molecule has 0 aliphatic rings. The molecule has 0 saturated carbocycles. The molecule has 1 amide bonds. The highest BCUT2D eigenvalue weighted by atomic mass is 16.5. The van der Waals surface area contributed by atoms with Crippen LogP contribution in [0.1, 0.15) is 40.9 Å². The minimum atomic E-state index is -0.506. The number of hydrogen-bond acceptors (Lipinski definition) is 5. The topological polar surface area (TPSA) is 81.7 Å². The van der Waals surface area contributed by atoms with Gasteiger partial charge in [-0.25, -0.2) is 0 Å². The van der Waals surface area contributed by atoms with Gasteiger partial charge >= 0.3 is 5.97 Å². The monoisotopic (exact) mass is 369 g/mol. The quantitative estimate of drug-likeness (QED) is 0.572. The van der Waals surface area contributed by atoms with E-state index in [2.05, 4.69) is 5.32 Å². The van der Waals surface area contributed by atoms with Crippen LogP contribution < -0.4 is 10.1 Å². The first-order valence-electron chi connectivity index (χ1n) is 8.53. The summed E-state index contributed by atoms with van der Waals surface area (Å²) in [4.78, 5) is 35.9. The zero-order chi connectivity index (χ0) is 19.8. The van der Waals surface area contributed by atoms with E-state index in [-0.39, 0.29) is 24.5 Å². The number of esters is 1. The summed E-state index contributed by atoms with van der Waals surface area (Å²) < 4.78 is 10.0. The Balaban J connectivity index is 2.19. The molecule has 0 radical (unpaired) electrons. The van der Waals surface area contributed by atoms with Crippen molar-refractivity contribution in [2.75, 3.05) is 14.2 Å². The highest BCUT2D eigenvalue weighted by Gasteiger charge is 2.20. The van der Waals surface area contributed by atoms with Crippen molar-refractivity contribution in [3.63, 3.8) is 0 Å². The van der Waals surface area contributed by atoms with Gasteiger partial charge in [0.05, 0.1) is 33.1 Å². The summed E-state index contributed by atoms with van der Waals surface area (Å²) in [6.45, 7) is 1.47. The minimum absolute atomic E-state index is 0.0226. The molecule has 2 aromatic rings. The third kappa shape index (κ3) is 5.67. The molecule has 0 aliphatic heterocycles. The van der Waals surface area contributed by atoms with Gasteiger partial charge in [0.1, 0.15) is 5.75 Å². The first-order chi connectivity index (χ1) is 12.9. The maximum absolute atomic E-state index is 12.6. The van der Waals surface area contributed by atoms with Gasteiger partial charge in [-0.1, -0.05) is 30.3 Å². The Labute approximate surface area is 158 Å². The number of benzene rings is 2. The van der Waals surface area contributed by atoms with Crippen LogP contribution in [0, 0.1) is 0 Å². The Hall–Kier alpha value is -3.15. The van der Waals surface area contributed by atoms with E-state index in [4.69, 9.17) is 9.47 Å². The van der Waals surface area contributed by atoms with E-state index in [1.54, 1.807) is 18.2 Å². The third-order valence-electron chi connectivity index (χ3n) is 4.17. The van der Waals surface area contributed by atoms with Gasteiger partial charge in [-0.2, -0.15) is 0 Å². The molecule has 1 N–H and O–H groups in total. The lowest BCUT2D eigenvalue weighted by molar-refractivity contribution is -0.141.